The summed E-state index contributed by atoms with van der Waals surface area (Å²) in [5.74, 6) is -1.47. The van der Waals surface area contributed by atoms with E-state index in [1.54, 1.807) is 0 Å². The summed E-state index contributed by atoms with van der Waals surface area (Å²) in [6.45, 7) is 0.422. The third-order valence-corrected chi connectivity index (χ3v) is 2.62. The second kappa shape index (κ2) is 4.03. The molecule has 5 N–H and O–H groups in total. The third kappa shape index (κ3) is 1.84. The van der Waals surface area contributed by atoms with E-state index in [-0.39, 0.29) is 0 Å². The van der Waals surface area contributed by atoms with E-state index in [2.05, 4.69) is 0 Å². The van der Waals surface area contributed by atoms with Gasteiger partial charge >= 0.3 is 5.97 Å². The average Bonchev–Trinajstić information content (AvgIpc) is 2.20. The van der Waals surface area contributed by atoms with Crippen LogP contribution in [0.1, 0.15) is 6.92 Å². The topological polar surface area (TPSA) is 127 Å². The fourth-order valence-electron chi connectivity index (χ4n) is 1.51. The maximum absolute atomic E-state index is 10.8. The van der Waals surface area contributed by atoms with Gasteiger partial charge in [0, 0.05) is 0 Å². The zero-order valence-electron chi connectivity index (χ0n) is 8.07. The van der Waals surface area contributed by atoms with Gasteiger partial charge in [-0.05, 0) is 6.92 Å². The van der Waals surface area contributed by atoms with E-state index >= 15 is 0 Å². The average molecular weight is 222 g/mol. The highest BCUT2D eigenvalue weighted by Crippen LogP contribution is 2.29. The van der Waals surface area contributed by atoms with Gasteiger partial charge in [-0.1, -0.05) is 0 Å². The Bertz CT molecular complexity index is 253. The summed E-state index contributed by atoms with van der Waals surface area (Å²) < 4.78 is 4.87. The summed E-state index contributed by atoms with van der Waals surface area (Å²) in [7, 11) is 0. The van der Waals surface area contributed by atoms with Gasteiger partial charge in [-0.3, -0.25) is 0 Å². The summed E-state index contributed by atoms with van der Waals surface area (Å²) in [4.78, 5) is 10.8. The van der Waals surface area contributed by atoms with Crippen LogP contribution in [0, 0.1) is 0 Å². The molecule has 15 heavy (non-hydrogen) atoms. The van der Waals surface area contributed by atoms with Crippen molar-refractivity contribution in [1.29, 1.82) is 0 Å². The SMILES string of the molecule is C[C@@]1(C(=O)O)O[C@H](CO)[C@@H](O)[C@H](O)[C@H]1O. The molecular formula is C8H14O7. The zero-order chi connectivity index (χ0) is 11.8. The first-order valence-electron chi connectivity index (χ1n) is 4.41. The minimum atomic E-state index is -2.04. The Balaban J connectivity index is 2.97. The monoisotopic (exact) mass is 222 g/mol. The summed E-state index contributed by atoms with van der Waals surface area (Å²) in [6.07, 6.45) is -6.17. The minimum Gasteiger partial charge on any atom is -0.479 e. The van der Waals surface area contributed by atoms with Gasteiger partial charge in [0.15, 0.2) is 5.60 Å². The number of carbonyl (C=O) groups is 1. The Morgan fingerprint density at radius 3 is 2.27 bits per heavy atom. The van der Waals surface area contributed by atoms with Crippen molar-refractivity contribution in [2.24, 2.45) is 0 Å². The number of aliphatic hydroxyl groups is 4. The zero-order valence-corrected chi connectivity index (χ0v) is 8.07. The Hall–Kier alpha value is -0.730. The van der Waals surface area contributed by atoms with E-state index in [9.17, 15) is 20.1 Å². The van der Waals surface area contributed by atoms with Crippen LogP contribution in [0.4, 0.5) is 0 Å². The van der Waals surface area contributed by atoms with Gasteiger partial charge in [0.05, 0.1) is 6.61 Å². The Morgan fingerprint density at radius 2 is 1.87 bits per heavy atom. The molecule has 88 valence electrons. The highest BCUT2D eigenvalue weighted by Gasteiger charge is 2.55. The van der Waals surface area contributed by atoms with Crippen LogP contribution in [-0.2, 0) is 9.53 Å². The number of carboxylic acids is 1. The van der Waals surface area contributed by atoms with Crippen LogP contribution in [0.2, 0.25) is 0 Å². The van der Waals surface area contributed by atoms with Crippen molar-refractivity contribution >= 4 is 5.97 Å². The molecule has 1 aliphatic heterocycles. The number of hydrogen-bond donors (Lipinski definition) is 5. The molecule has 0 bridgehead atoms. The number of carboxylic acid groups (broad SMARTS) is 1. The van der Waals surface area contributed by atoms with E-state index in [0.29, 0.717) is 0 Å². The summed E-state index contributed by atoms with van der Waals surface area (Å²) >= 11 is 0. The molecule has 7 heteroatoms. The van der Waals surface area contributed by atoms with Crippen LogP contribution in [-0.4, -0.2) is 68.1 Å². The van der Waals surface area contributed by atoms with Crippen molar-refractivity contribution in [2.75, 3.05) is 6.61 Å². The van der Waals surface area contributed by atoms with Gasteiger partial charge < -0.3 is 30.3 Å². The molecule has 0 aromatic heterocycles. The summed E-state index contributed by atoms with van der Waals surface area (Å²) in [6, 6.07) is 0. The van der Waals surface area contributed by atoms with Gasteiger partial charge in [-0.25, -0.2) is 4.79 Å². The van der Waals surface area contributed by atoms with Gasteiger partial charge in [0.2, 0.25) is 0 Å². The predicted molar refractivity (Wildman–Crippen MR) is 46.0 cm³/mol. The van der Waals surface area contributed by atoms with Crippen LogP contribution in [0.15, 0.2) is 0 Å². The smallest absolute Gasteiger partial charge is 0.338 e. The molecule has 1 heterocycles. The molecule has 1 aliphatic rings. The lowest BCUT2D eigenvalue weighted by Crippen LogP contribution is -2.66. The molecule has 0 aliphatic carbocycles. The minimum absolute atomic E-state index is 0.645. The molecule has 0 radical (unpaired) electrons. The Labute approximate surface area is 85.5 Å². The normalized spacial score (nSPS) is 46.5. The molecule has 0 spiro atoms. The number of ether oxygens (including phenoxy) is 1. The quantitative estimate of drug-likeness (QED) is 0.344. The van der Waals surface area contributed by atoms with Crippen LogP contribution in [0.5, 0.6) is 0 Å². The number of aliphatic carboxylic acids is 1. The van der Waals surface area contributed by atoms with Crippen LogP contribution >= 0.6 is 0 Å². The van der Waals surface area contributed by atoms with Crippen LogP contribution < -0.4 is 0 Å². The summed E-state index contributed by atoms with van der Waals surface area (Å²) in [5.41, 5.74) is -2.04. The molecule has 0 aromatic carbocycles. The number of aliphatic hydroxyl groups excluding tert-OH is 4. The maximum Gasteiger partial charge on any atom is 0.338 e. The van der Waals surface area contributed by atoms with Crippen molar-refractivity contribution in [3.8, 4) is 0 Å². The van der Waals surface area contributed by atoms with Gasteiger partial charge in [-0.15, -0.1) is 0 Å². The molecule has 1 saturated heterocycles. The first kappa shape index (κ1) is 12.3. The lowest BCUT2D eigenvalue weighted by atomic mass is 9.86. The van der Waals surface area contributed by atoms with Crippen molar-refractivity contribution in [2.45, 2.75) is 36.9 Å². The second-order valence-corrected chi connectivity index (χ2v) is 3.68. The Kier molecular flexibility index (Phi) is 3.31. The van der Waals surface area contributed by atoms with Gasteiger partial charge in [0.25, 0.3) is 0 Å². The number of rotatable bonds is 2. The van der Waals surface area contributed by atoms with E-state index in [0.717, 1.165) is 6.92 Å². The lowest BCUT2D eigenvalue weighted by Gasteiger charge is -2.44. The first-order valence-corrected chi connectivity index (χ1v) is 4.41. The molecule has 0 aromatic rings. The fourth-order valence-corrected chi connectivity index (χ4v) is 1.51. The van der Waals surface area contributed by atoms with Gasteiger partial charge in [0.1, 0.15) is 24.4 Å². The first-order chi connectivity index (χ1) is 6.84. The molecule has 0 unspecified atom stereocenters. The summed E-state index contributed by atoms with van der Waals surface area (Å²) in [5, 5.41) is 45.8. The highest BCUT2D eigenvalue weighted by atomic mass is 16.6. The Morgan fingerprint density at radius 1 is 1.33 bits per heavy atom. The van der Waals surface area contributed by atoms with Crippen molar-refractivity contribution in [3.63, 3.8) is 0 Å². The molecule has 0 amide bonds. The van der Waals surface area contributed by atoms with Crippen molar-refractivity contribution in [1.82, 2.24) is 0 Å². The predicted octanol–water partition coefficient (Wildman–Crippen LogP) is -2.70. The van der Waals surface area contributed by atoms with Crippen molar-refractivity contribution < 1.29 is 35.1 Å². The third-order valence-electron chi connectivity index (χ3n) is 2.62. The molecule has 0 saturated carbocycles. The number of hydrogen-bond acceptors (Lipinski definition) is 6. The largest absolute Gasteiger partial charge is 0.479 e. The van der Waals surface area contributed by atoms with E-state index < -0.39 is 42.6 Å². The van der Waals surface area contributed by atoms with E-state index in [1.165, 1.54) is 0 Å². The second-order valence-electron chi connectivity index (χ2n) is 3.68. The van der Waals surface area contributed by atoms with Crippen LogP contribution in [0.3, 0.4) is 0 Å². The van der Waals surface area contributed by atoms with Crippen LogP contribution in [0.25, 0.3) is 0 Å². The molecule has 5 atom stereocenters. The van der Waals surface area contributed by atoms with Crippen molar-refractivity contribution in [3.05, 3.63) is 0 Å². The lowest BCUT2D eigenvalue weighted by molar-refractivity contribution is -0.267. The highest BCUT2D eigenvalue weighted by molar-refractivity contribution is 5.78. The molecular weight excluding hydrogens is 208 g/mol. The standard InChI is InChI=1S/C8H14O7/c1-8(7(13)14)6(12)5(11)4(10)3(2-9)15-8/h3-6,9-12H,2H2,1H3,(H,13,14)/t3-,4-,5+,6-,8-/m1/s1. The molecule has 1 fully saturated rings. The van der Waals surface area contributed by atoms with Gasteiger partial charge in [-0.2, -0.15) is 0 Å². The van der Waals surface area contributed by atoms with E-state index in [4.69, 9.17) is 14.9 Å². The van der Waals surface area contributed by atoms with E-state index in [1.807, 2.05) is 0 Å². The molecule has 7 nitrogen and oxygen atoms in total. The maximum atomic E-state index is 10.8. The fraction of sp³-hybridized carbons (Fsp3) is 0.875. The molecule has 1 rings (SSSR count).